The smallest absolute Gasteiger partial charge is 0.159 e. The van der Waals surface area contributed by atoms with Gasteiger partial charge in [0.15, 0.2) is 5.78 Å². The summed E-state index contributed by atoms with van der Waals surface area (Å²) in [5.74, 6) is 0.319. The molecule has 3 nitrogen and oxygen atoms in total. The number of carbonyl (C=O) groups excluding carboxylic acids is 1. The number of phenols is 1. The molecule has 1 aromatic carbocycles. The van der Waals surface area contributed by atoms with Crippen LogP contribution in [-0.2, 0) is 6.54 Å². The van der Waals surface area contributed by atoms with Gasteiger partial charge in [0.25, 0.3) is 0 Å². The zero-order chi connectivity index (χ0) is 13.3. The number of likely N-dealkylation sites (tertiary alicyclic amines) is 1. The van der Waals surface area contributed by atoms with Gasteiger partial charge in [-0.15, -0.1) is 0 Å². The predicted octanol–water partition coefficient (Wildman–Crippen LogP) is 2.97. The van der Waals surface area contributed by atoms with Crippen molar-refractivity contribution in [3.8, 4) is 5.75 Å². The highest BCUT2D eigenvalue weighted by molar-refractivity contribution is 5.94. The van der Waals surface area contributed by atoms with Gasteiger partial charge >= 0.3 is 0 Å². The van der Waals surface area contributed by atoms with Crippen molar-refractivity contribution in [2.24, 2.45) is 0 Å². The number of carbonyl (C=O) groups is 1. The van der Waals surface area contributed by atoms with Gasteiger partial charge in [-0.05, 0) is 58.4 Å². The molecule has 0 bridgehead atoms. The van der Waals surface area contributed by atoms with Crippen LogP contribution in [0, 0.1) is 0 Å². The fourth-order valence-electron chi connectivity index (χ4n) is 2.59. The third-order valence-electron chi connectivity index (χ3n) is 3.92. The van der Waals surface area contributed by atoms with E-state index in [1.807, 2.05) is 6.07 Å². The number of Topliss-reactive ketones (excluding diaryl/α,β-unsaturated/α-hetero) is 1. The van der Waals surface area contributed by atoms with Crippen LogP contribution >= 0.6 is 0 Å². The number of rotatable bonds is 3. The Balaban J connectivity index is 2.23. The van der Waals surface area contributed by atoms with E-state index in [9.17, 15) is 9.90 Å². The van der Waals surface area contributed by atoms with E-state index in [1.165, 1.54) is 12.8 Å². The molecule has 1 aliphatic heterocycles. The van der Waals surface area contributed by atoms with Crippen molar-refractivity contribution in [2.75, 3.05) is 6.54 Å². The summed E-state index contributed by atoms with van der Waals surface area (Å²) in [6.07, 6.45) is 2.38. The van der Waals surface area contributed by atoms with Crippen LogP contribution < -0.4 is 0 Å². The van der Waals surface area contributed by atoms with Crippen LogP contribution in [0.5, 0.6) is 5.75 Å². The van der Waals surface area contributed by atoms with Crippen LogP contribution in [0.2, 0.25) is 0 Å². The summed E-state index contributed by atoms with van der Waals surface area (Å²) in [5, 5.41) is 9.91. The van der Waals surface area contributed by atoms with E-state index in [4.69, 9.17) is 0 Å². The predicted molar refractivity (Wildman–Crippen MR) is 71.8 cm³/mol. The third-order valence-corrected chi connectivity index (χ3v) is 3.92. The fraction of sp³-hybridized carbons (Fsp3) is 0.533. The van der Waals surface area contributed by atoms with E-state index in [2.05, 4.69) is 18.7 Å². The van der Waals surface area contributed by atoms with Gasteiger partial charge in [0, 0.05) is 23.2 Å². The van der Waals surface area contributed by atoms with Crippen molar-refractivity contribution in [1.29, 1.82) is 0 Å². The van der Waals surface area contributed by atoms with Gasteiger partial charge in [-0.2, -0.15) is 0 Å². The Morgan fingerprint density at radius 1 is 1.44 bits per heavy atom. The van der Waals surface area contributed by atoms with Crippen LogP contribution in [0.15, 0.2) is 18.2 Å². The summed E-state index contributed by atoms with van der Waals surface area (Å²) in [7, 11) is 0. The Labute approximate surface area is 108 Å². The standard InChI is InChI=1S/C15H21NO2/c1-11(17)12-5-6-14(18)13(9-12)10-16-8-4-7-15(16,2)3/h5-6,9,18H,4,7-8,10H2,1-3H3. The van der Waals surface area contributed by atoms with E-state index in [0.717, 1.165) is 12.1 Å². The van der Waals surface area contributed by atoms with Gasteiger partial charge in [0.1, 0.15) is 5.75 Å². The summed E-state index contributed by atoms with van der Waals surface area (Å²) in [6.45, 7) is 7.77. The van der Waals surface area contributed by atoms with Gasteiger partial charge < -0.3 is 5.11 Å². The lowest BCUT2D eigenvalue weighted by Crippen LogP contribution is -2.37. The highest BCUT2D eigenvalue weighted by atomic mass is 16.3. The molecular weight excluding hydrogens is 226 g/mol. The molecule has 1 aliphatic rings. The SMILES string of the molecule is CC(=O)c1ccc(O)c(CN2CCCC2(C)C)c1. The zero-order valence-corrected chi connectivity index (χ0v) is 11.4. The minimum Gasteiger partial charge on any atom is -0.508 e. The van der Waals surface area contributed by atoms with Crippen molar-refractivity contribution < 1.29 is 9.90 Å². The molecule has 0 spiro atoms. The van der Waals surface area contributed by atoms with Crippen LogP contribution in [0.1, 0.15) is 49.5 Å². The van der Waals surface area contributed by atoms with E-state index >= 15 is 0 Å². The molecule has 1 saturated heterocycles. The first-order valence-electron chi connectivity index (χ1n) is 6.48. The van der Waals surface area contributed by atoms with Gasteiger partial charge in [-0.25, -0.2) is 0 Å². The number of phenolic OH excluding ortho intramolecular Hbond substituents is 1. The van der Waals surface area contributed by atoms with Crippen molar-refractivity contribution >= 4 is 5.78 Å². The number of hydrogen-bond donors (Lipinski definition) is 1. The number of aromatic hydroxyl groups is 1. The molecule has 0 unspecified atom stereocenters. The lowest BCUT2D eigenvalue weighted by molar-refractivity contribution is 0.101. The van der Waals surface area contributed by atoms with Crippen molar-refractivity contribution in [3.05, 3.63) is 29.3 Å². The Morgan fingerprint density at radius 3 is 2.72 bits per heavy atom. The van der Waals surface area contributed by atoms with Crippen molar-refractivity contribution in [1.82, 2.24) is 4.90 Å². The van der Waals surface area contributed by atoms with Crippen molar-refractivity contribution in [3.63, 3.8) is 0 Å². The Morgan fingerprint density at radius 2 is 2.17 bits per heavy atom. The Bertz CT molecular complexity index is 466. The maximum Gasteiger partial charge on any atom is 0.159 e. The van der Waals surface area contributed by atoms with E-state index in [-0.39, 0.29) is 17.1 Å². The summed E-state index contributed by atoms with van der Waals surface area (Å²) in [4.78, 5) is 13.7. The highest BCUT2D eigenvalue weighted by Crippen LogP contribution is 2.31. The molecule has 1 N–H and O–H groups in total. The molecule has 0 radical (unpaired) electrons. The molecule has 0 aromatic heterocycles. The molecule has 1 fully saturated rings. The molecule has 3 heteroatoms. The molecule has 1 aromatic rings. The maximum atomic E-state index is 11.4. The van der Waals surface area contributed by atoms with Gasteiger partial charge in [0.05, 0.1) is 0 Å². The highest BCUT2D eigenvalue weighted by Gasteiger charge is 2.32. The van der Waals surface area contributed by atoms with E-state index in [0.29, 0.717) is 12.1 Å². The molecule has 0 atom stereocenters. The summed E-state index contributed by atoms with van der Waals surface area (Å²) in [6, 6.07) is 5.11. The Hall–Kier alpha value is -1.35. The summed E-state index contributed by atoms with van der Waals surface area (Å²) in [5.41, 5.74) is 1.69. The zero-order valence-electron chi connectivity index (χ0n) is 11.4. The maximum absolute atomic E-state index is 11.4. The lowest BCUT2D eigenvalue weighted by Gasteiger charge is -2.31. The minimum atomic E-state index is 0.0388. The Kier molecular flexibility index (Phi) is 3.44. The molecule has 0 aliphatic carbocycles. The lowest BCUT2D eigenvalue weighted by atomic mass is 10.0. The monoisotopic (exact) mass is 247 g/mol. The number of hydrogen-bond acceptors (Lipinski definition) is 3. The molecule has 0 saturated carbocycles. The second-order valence-corrected chi connectivity index (χ2v) is 5.74. The first kappa shape index (κ1) is 13.1. The van der Waals surface area contributed by atoms with Gasteiger partial charge in [-0.3, -0.25) is 9.69 Å². The normalized spacial score (nSPS) is 19.1. The number of ketones is 1. The molecule has 2 rings (SSSR count). The first-order chi connectivity index (χ1) is 8.40. The number of benzene rings is 1. The number of nitrogens with zero attached hydrogens (tertiary/aromatic N) is 1. The van der Waals surface area contributed by atoms with Crippen molar-refractivity contribution in [2.45, 2.75) is 45.7 Å². The van der Waals surface area contributed by atoms with Gasteiger partial charge in [-0.1, -0.05) is 0 Å². The van der Waals surface area contributed by atoms with Gasteiger partial charge in [0.2, 0.25) is 0 Å². The summed E-state index contributed by atoms with van der Waals surface area (Å²) < 4.78 is 0. The van der Waals surface area contributed by atoms with Crippen LogP contribution in [0.3, 0.4) is 0 Å². The van der Waals surface area contributed by atoms with Crippen LogP contribution in [0.4, 0.5) is 0 Å². The molecule has 98 valence electrons. The molecular formula is C15H21NO2. The van der Waals surface area contributed by atoms with Crippen LogP contribution in [0.25, 0.3) is 0 Å². The largest absolute Gasteiger partial charge is 0.508 e. The second-order valence-electron chi connectivity index (χ2n) is 5.74. The topological polar surface area (TPSA) is 40.5 Å². The molecule has 0 amide bonds. The summed E-state index contributed by atoms with van der Waals surface area (Å²) >= 11 is 0. The average Bonchev–Trinajstić information content (AvgIpc) is 2.61. The average molecular weight is 247 g/mol. The third kappa shape index (κ3) is 2.56. The van der Waals surface area contributed by atoms with E-state index in [1.54, 1.807) is 19.1 Å². The first-order valence-corrected chi connectivity index (χ1v) is 6.48. The van der Waals surface area contributed by atoms with E-state index < -0.39 is 0 Å². The van der Waals surface area contributed by atoms with Crippen LogP contribution in [-0.4, -0.2) is 27.9 Å². The quantitative estimate of drug-likeness (QED) is 0.835. The molecule has 18 heavy (non-hydrogen) atoms. The fourth-order valence-corrected chi connectivity index (χ4v) is 2.59. The second kappa shape index (κ2) is 4.73. The molecule has 1 heterocycles. The minimum absolute atomic E-state index is 0.0388.